The molecule has 0 bridgehead atoms. The second-order valence-corrected chi connectivity index (χ2v) is 9.86. The molecule has 0 radical (unpaired) electrons. The molecule has 0 saturated carbocycles. The Bertz CT molecular complexity index is 1490. The standard InChI is InChI=1S/C28H24N4O5S.2K/c33-26-25(38-28(36)29-26)15-18-7-11-22(12-8-18)37-14-13-21-17-32(31-30-21)16-19-5-9-20(10-6-19)23-3-1-2-4-24(23)27(34)35;;/h1-12,17,25H,13-16H2,(H,34,35)(H,29,33,36);;/q;2*+1/p-2. The van der Waals surface area contributed by atoms with Crippen molar-refractivity contribution in [2.75, 3.05) is 6.61 Å². The van der Waals surface area contributed by atoms with E-state index in [1.807, 2.05) is 54.7 Å². The Kier molecular flexibility index (Phi) is 13.2. The molecule has 9 nitrogen and oxygen atoms in total. The van der Waals surface area contributed by atoms with Crippen LogP contribution in [0.15, 0.2) is 84.0 Å². The number of carboxylic acid groups (broad SMARTS) is 1. The zero-order valence-electron chi connectivity index (χ0n) is 22.1. The molecule has 0 fully saturated rings. The smallest absolute Gasteiger partial charge is 0.854 e. The van der Waals surface area contributed by atoms with E-state index in [0.29, 0.717) is 37.3 Å². The van der Waals surface area contributed by atoms with Crippen LogP contribution < -0.4 is 118 Å². The van der Waals surface area contributed by atoms with Gasteiger partial charge in [-0.25, -0.2) is 9.67 Å². The van der Waals surface area contributed by atoms with Crippen LogP contribution in [0.4, 0.5) is 0 Å². The minimum absolute atomic E-state index is 0. The first-order chi connectivity index (χ1) is 18.4. The maximum atomic E-state index is 11.7. The predicted octanol–water partition coefficient (Wildman–Crippen LogP) is -4.11. The van der Waals surface area contributed by atoms with E-state index >= 15 is 0 Å². The van der Waals surface area contributed by atoms with Gasteiger partial charge in [-0.2, -0.15) is 0 Å². The Morgan fingerprint density at radius 2 is 1.68 bits per heavy atom. The molecule has 0 spiro atoms. The molecule has 2 heterocycles. The third-order valence-corrected chi connectivity index (χ3v) is 6.98. The van der Waals surface area contributed by atoms with Crippen molar-refractivity contribution in [2.24, 2.45) is 4.99 Å². The number of amides is 1. The largest absolute Gasteiger partial charge is 1.00 e. The normalized spacial score (nSPS) is 14.2. The van der Waals surface area contributed by atoms with E-state index in [4.69, 9.17) is 4.74 Å². The van der Waals surface area contributed by atoms with Gasteiger partial charge in [0, 0.05) is 23.4 Å². The van der Waals surface area contributed by atoms with Gasteiger partial charge in [0.2, 0.25) is 0 Å². The molecule has 0 N–H and O–H groups in total. The van der Waals surface area contributed by atoms with Crippen molar-refractivity contribution in [1.82, 2.24) is 15.0 Å². The van der Waals surface area contributed by atoms with Gasteiger partial charge in [0.25, 0.3) is 5.91 Å². The van der Waals surface area contributed by atoms with E-state index in [0.717, 1.165) is 34.1 Å². The number of aromatic nitrogens is 3. The molecular formula is C28H22K2N4O5S. The molecule has 3 aromatic carbocycles. The fraction of sp³-hybridized carbons (Fsp3) is 0.179. The number of thioether (sulfide) groups is 1. The van der Waals surface area contributed by atoms with Crippen LogP contribution in [0.1, 0.15) is 27.2 Å². The van der Waals surface area contributed by atoms with E-state index in [-0.39, 0.29) is 114 Å². The summed E-state index contributed by atoms with van der Waals surface area (Å²) in [5.74, 6) is -0.871. The zero-order valence-corrected chi connectivity index (χ0v) is 29.2. The van der Waals surface area contributed by atoms with Gasteiger partial charge in [-0.15, -0.1) is 16.9 Å². The van der Waals surface area contributed by atoms with Crippen LogP contribution in [-0.4, -0.2) is 44.0 Å². The third-order valence-electron chi connectivity index (χ3n) is 6.03. The van der Waals surface area contributed by atoms with Crippen molar-refractivity contribution in [3.63, 3.8) is 0 Å². The molecular weight excluding hydrogens is 583 g/mol. The topological polar surface area (TPSA) is 133 Å². The van der Waals surface area contributed by atoms with Crippen LogP contribution in [0.3, 0.4) is 0 Å². The molecule has 1 atom stereocenters. The average molecular weight is 605 g/mol. The van der Waals surface area contributed by atoms with Gasteiger partial charge < -0.3 is 19.7 Å². The van der Waals surface area contributed by atoms with Gasteiger partial charge in [-0.3, -0.25) is 4.79 Å². The van der Waals surface area contributed by atoms with Gasteiger partial charge in [0.15, 0.2) is 0 Å². The number of rotatable bonds is 10. The van der Waals surface area contributed by atoms with E-state index in [1.165, 1.54) is 6.07 Å². The SMILES string of the molecule is O=C([O-])c1ccccc1-c1ccc(Cn2cc(CCOc3ccc(CC4SC([O-])=NC4=O)cc3)nn2)cc1.[K+].[K+]. The fourth-order valence-corrected chi connectivity index (χ4v) is 4.93. The number of aliphatic imine (C=N–C) groups is 1. The number of hydrogen-bond donors (Lipinski definition) is 0. The van der Waals surface area contributed by atoms with E-state index in [1.54, 1.807) is 22.9 Å². The number of aromatic carboxylic acids is 1. The van der Waals surface area contributed by atoms with Crippen LogP contribution >= 0.6 is 11.8 Å². The third kappa shape index (κ3) is 8.92. The number of nitrogens with zero attached hydrogens (tertiary/aromatic N) is 4. The van der Waals surface area contributed by atoms with Crippen LogP contribution in [-0.2, 0) is 24.2 Å². The summed E-state index contributed by atoms with van der Waals surface area (Å²) in [6, 6.07) is 21.8. The predicted molar refractivity (Wildman–Crippen MR) is 138 cm³/mol. The van der Waals surface area contributed by atoms with Crippen molar-refractivity contribution >= 4 is 28.9 Å². The summed E-state index contributed by atoms with van der Waals surface area (Å²) in [6.45, 7) is 0.952. The number of carbonyl (C=O) groups excluding carboxylic acids is 2. The summed E-state index contributed by atoms with van der Waals surface area (Å²) in [6.07, 6.45) is 2.91. The van der Waals surface area contributed by atoms with E-state index in [9.17, 15) is 19.8 Å². The first-order valence-corrected chi connectivity index (χ1v) is 12.8. The second-order valence-electron chi connectivity index (χ2n) is 8.71. The van der Waals surface area contributed by atoms with Crippen LogP contribution in [0, 0.1) is 0 Å². The Hall–Kier alpha value is -1.17. The summed E-state index contributed by atoms with van der Waals surface area (Å²) >= 11 is 0.965. The summed E-state index contributed by atoms with van der Waals surface area (Å²) in [7, 11) is 0. The van der Waals surface area contributed by atoms with Crippen LogP contribution in [0.5, 0.6) is 5.75 Å². The molecule has 40 heavy (non-hydrogen) atoms. The van der Waals surface area contributed by atoms with E-state index < -0.39 is 16.4 Å². The second kappa shape index (κ2) is 15.9. The molecule has 1 amide bonds. The molecule has 1 unspecified atom stereocenters. The molecule has 192 valence electrons. The Morgan fingerprint density at radius 1 is 0.975 bits per heavy atom. The molecule has 0 aliphatic carbocycles. The zero-order chi connectivity index (χ0) is 26.5. The minimum Gasteiger partial charge on any atom is -0.854 e. The Morgan fingerprint density at radius 3 is 2.35 bits per heavy atom. The number of carbonyl (C=O) groups is 2. The van der Waals surface area contributed by atoms with Crippen molar-refractivity contribution in [3.8, 4) is 16.9 Å². The van der Waals surface area contributed by atoms with Crippen molar-refractivity contribution < 1.29 is 127 Å². The van der Waals surface area contributed by atoms with Gasteiger partial charge in [0.05, 0.1) is 30.1 Å². The maximum absolute atomic E-state index is 11.7. The number of carboxylic acids is 1. The number of ether oxygens (including phenoxy) is 1. The van der Waals surface area contributed by atoms with Gasteiger partial charge >= 0.3 is 103 Å². The molecule has 5 rings (SSSR count). The van der Waals surface area contributed by atoms with Crippen LogP contribution in [0.2, 0.25) is 0 Å². The quantitative estimate of drug-likeness (QED) is 0.167. The summed E-state index contributed by atoms with van der Waals surface area (Å²) < 4.78 is 7.56. The molecule has 0 saturated heterocycles. The minimum atomic E-state index is -1.20. The first-order valence-electron chi connectivity index (χ1n) is 11.9. The van der Waals surface area contributed by atoms with Crippen LogP contribution in [0.25, 0.3) is 11.1 Å². The number of benzene rings is 3. The Balaban J connectivity index is 0.00000220. The van der Waals surface area contributed by atoms with Crippen molar-refractivity contribution in [2.45, 2.75) is 24.6 Å². The summed E-state index contributed by atoms with van der Waals surface area (Å²) in [4.78, 5) is 26.5. The molecule has 4 aromatic rings. The summed E-state index contributed by atoms with van der Waals surface area (Å²) in [5, 5.41) is 30.2. The van der Waals surface area contributed by atoms with Gasteiger partial charge in [-0.1, -0.05) is 65.9 Å². The average Bonchev–Trinajstić information content (AvgIpc) is 3.50. The van der Waals surface area contributed by atoms with E-state index in [2.05, 4.69) is 15.3 Å². The number of hydrogen-bond acceptors (Lipinski definition) is 8. The monoisotopic (exact) mass is 604 g/mol. The van der Waals surface area contributed by atoms with Gasteiger partial charge in [-0.05, 0) is 40.8 Å². The summed E-state index contributed by atoms with van der Waals surface area (Å²) in [5.41, 5.74) is 4.32. The molecule has 1 aliphatic rings. The van der Waals surface area contributed by atoms with Crippen molar-refractivity contribution in [3.05, 3.63) is 101 Å². The van der Waals surface area contributed by atoms with Crippen molar-refractivity contribution in [1.29, 1.82) is 0 Å². The molecule has 1 aromatic heterocycles. The maximum Gasteiger partial charge on any atom is 1.00 e. The molecule has 12 heteroatoms. The fourth-order valence-electron chi connectivity index (χ4n) is 4.12. The first kappa shape index (κ1) is 33.3. The Labute approximate surface area is 320 Å². The molecule has 1 aliphatic heterocycles. The van der Waals surface area contributed by atoms with Gasteiger partial charge in [0.1, 0.15) is 5.75 Å².